The molecule has 2 aromatic carbocycles. The number of piperidine rings is 2. The molecule has 394 valence electrons. The second-order valence-electron chi connectivity index (χ2n) is 21.9. The molecule has 1 aliphatic carbocycles. The number of rotatable bonds is 24. The Morgan fingerprint density at radius 2 is 0.873 bits per heavy atom. The molecule has 0 radical (unpaired) electrons. The number of nitrogens with zero attached hydrogens (tertiary/aromatic N) is 2. The number of benzene rings is 2. The summed E-state index contributed by atoms with van der Waals surface area (Å²) in [5.74, 6) is -1.52. The van der Waals surface area contributed by atoms with E-state index in [0.717, 1.165) is 104 Å². The minimum Gasteiger partial charge on any atom is -0.481 e. The molecule has 2 aromatic rings. The Hall–Kier alpha value is -4.82. The van der Waals surface area contributed by atoms with Crippen LogP contribution in [0.3, 0.4) is 0 Å². The van der Waals surface area contributed by atoms with Crippen LogP contribution < -0.4 is 18.9 Å². The van der Waals surface area contributed by atoms with E-state index in [4.69, 9.17) is 18.9 Å². The third-order valence-corrected chi connectivity index (χ3v) is 18.1. The third kappa shape index (κ3) is 13.2. The van der Waals surface area contributed by atoms with Crippen molar-refractivity contribution in [1.82, 2.24) is 0 Å². The molecule has 0 bridgehead atoms. The fraction of sp³-hybridized carbons (Fsp3) is 0.684. The first-order chi connectivity index (χ1) is 33.6. The molecule has 4 unspecified atom stereocenters. The Labute approximate surface area is 423 Å². The lowest BCUT2D eigenvalue weighted by Crippen LogP contribution is -2.67. The van der Waals surface area contributed by atoms with Crippen LogP contribution in [0.4, 0.5) is 0 Å². The Balaban J connectivity index is 1.46. The molecule has 14 nitrogen and oxygen atoms in total. The van der Waals surface area contributed by atoms with E-state index in [1.54, 1.807) is 39.8 Å². The number of aliphatic carboxylic acids is 2. The van der Waals surface area contributed by atoms with Gasteiger partial charge < -0.3 is 38.1 Å². The fourth-order valence-electron chi connectivity index (χ4n) is 13.5. The molecule has 2 aliphatic heterocycles. The molecule has 4 atom stereocenters. The largest absolute Gasteiger partial charge is 0.481 e. The molecule has 0 aromatic heterocycles. The van der Waals surface area contributed by atoms with Gasteiger partial charge in [-0.05, 0) is 124 Å². The Bertz CT molecular complexity index is 2040. The summed E-state index contributed by atoms with van der Waals surface area (Å²) in [5, 5.41) is 19.9. The van der Waals surface area contributed by atoms with E-state index in [1.807, 2.05) is 24.3 Å². The van der Waals surface area contributed by atoms with Gasteiger partial charge in [-0.15, -0.1) is 0 Å². The van der Waals surface area contributed by atoms with Crippen molar-refractivity contribution in [2.45, 2.75) is 202 Å². The number of hydrogen-bond donors (Lipinski definition) is 2. The van der Waals surface area contributed by atoms with E-state index >= 15 is 0 Å². The highest BCUT2D eigenvalue weighted by molar-refractivity contribution is 5.77. The summed E-state index contributed by atoms with van der Waals surface area (Å²) < 4.78 is 24.1. The molecule has 71 heavy (non-hydrogen) atoms. The first-order valence-corrected chi connectivity index (χ1v) is 26.8. The lowest BCUT2D eigenvalue weighted by molar-refractivity contribution is -0.961. The monoisotopic (exact) mass is 991 g/mol. The quantitative estimate of drug-likeness (QED) is 0.0578. The lowest BCUT2D eigenvalue weighted by Gasteiger charge is -2.63. The summed E-state index contributed by atoms with van der Waals surface area (Å²) in [6.45, 7) is 18.1. The number of hydrogen-bond acceptors (Lipinski definition) is 10. The van der Waals surface area contributed by atoms with Gasteiger partial charge in [0, 0.05) is 77.0 Å². The van der Waals surface area contributed by atoms with Gasteiger partial charge in [0.25, 0.3) is 0 Å². The van der Waals surface area contributed by atoms with Gasteiger partial charge in [0.2, 0.25) is 0 Å². The second kappa shape index (κ2) is 24.7. The van der Waals surface area contributed by atoms with Crippen molar-refractivity contribution < 1.29 is 66.9 Å². The first-order valence-electron chi connectivity index (χ1n) is 26.8. The summed E-state index contributed by atoms with van der Waals surface area (Å²) >= 11 is 0. The van der Waals surface area contributed by atoms with Crippen LogP contribution in [-0.2, 0) is 41.6 Å². The average Bonchev–Trinajstić information content (AvgIpc) is 3.71. The van der Waals surface area contributed by atoms with Gasteiger partial charge in [0.15, 0.2) is 23.0 Å². The maximum absolute atomic E-state index is 12.4. The lowest BCUT2D eigenvalue weighted by atomic mass is 9.46. The van der Waals surface area contributed by atoms with Crippen LogP contribution in [0.5, 0.6) is 23.0 Å². The first kappa shape index (κ1) is 57.1. The Morgan fingerprint density at radius 1 is 0.535 bits per heavy atom. The fourth-order valence-corrected chi connectivity index (χ4v) is 13.5. The molecule has 3 aliphatic rings. The van der Waals surface area contributed by atoms with Crippen LogP contribution in [0.1, 0.15) is 176 Å². The summed E-state index contributed by atoms with van der Waals surface area (Å²) in [4.78, 5) is 73.6. The molecule has 2 N–H and O–H groups in total. The van der Waals surface area contributed by atoms with Gasteiger partial charge in [-0.25, -0.2) is 0 Å². The third-order valence-electron chi connectivity index (χ3n) is 18.1. The Kier molecular flexibility index (Phi) is 19.9. The van der Waals surface area contributed by atoms with Crippen molar-refractivity contribution in [2.24, 2.45) is 22.7 Å². The van der Waals surface area contributed by atoms with Gasteiger partial charge in [-0.1, -0.05) is 46.2 Å². The highest BCUT2D eigenvalue weighted by atomic mass is 16.6. The average molecular weight is 991 g/mol. The summed E-state index contributed by atoms with van der Waals surface area (Å²) in [5.41, 5.74) is 1.67. The zero-order valence-corrected chi connectivity index (χ0v) is 44.6. The highest BCUT2D eigenvalue weighted by Crippen LogP contribution is 2.70. The number of carbonyl (C=O) groups excluding carboxylic acids is 4. The van der Waals surface area contributed by atoms with Crippen molar-refractivity contribution in [1.29, 1.82) is 0 Å². The normalized spacial score (nSPS) is 28.1. The van der Waals surface area contributed by atoms with Gasteiger partial charge in [-0.3, -0.25) is 28.8 Å². The highest BCUT2D eigenvalue weighted by Gasteiger charge is 2.65. The number of carboxylic acids is 2. The molecule has 0 spiro atoms. The van der Waals surface area contributed by atoms with Crippen molar-refractivity contribution in [3.8, 4) is 23.0 Å². The number of carbonyl (C=O) groups is 6. The maximum Gasteiger partial charge on any atom is 0.311 e. The zero-order valence-electron chi connectivity index (χ0n) is 44.6. The van der Waals surface area contributed by atoms with E-state index in [9.17, 15) is 39.0 Å². The number of ether oxygens (including phenoxy) is 4. The van der Waals surface area contributed by atoms with E-state index in [2.05, 4.69) is 41.8 Å². The number of likely N-dealkylation sites (tertiary alicyclic amines) is 2. The van der Waals surface area contributed by atoms with Crippen LogP contribution >= 0.6 is 0 Å². The number of likely N-dealkylation sites (N-methyl/N-ethyl adjacent to an activating group) is 2. The van der Waals surface area contributed by atoms with Gasteiger partial charge in [-0.2, -0.15) is 0 Å². The smallest absolute Gasteiger partial charge is 0.311 e. The van der Waals surface area contributed by atoms with Gasteiger partial charge in [0.05, 0.1) is 51.4 Å². The topological polar surface area (TPSA) is 180 Å². The van der Waals surface area contributed by atoms with E-state index in [0.29, 0.717) is 24.7 Å². The van der Waals surface area contributed by atoms with Crippen molar-refractivity contribution in [3.63, 3.8) is 0 Å². The second-order valence-corrected chi connectivity index (χ2v) is 21.9. The van der Waals surface area contributed by atoms with Crippen LogP contribution in [0.15, 0.2) is 36.4 Å². The van der Waals surface area contributed by atoms with Gasteiger partial charge >= 0.3 is 35.8 Å². The standard InChI is InChI=1S/C57H84N2O12/c1-11-52(64)68-46-22-20-42(36-48(46)70-54(66)13-3)24-30-58(9)38(5)32-44(33-39(58)6)57(29-17-28-56(57,26-15-18-50(60)61)27-16-19-51(62)63)45-34-40(7)59(10,41(8)35-45)31-25-43-21-23-47(69-53(65)12-2)49(37-43)71-55(67)14-4/h20-23,36-41,44-45H,11-19,24-35H2,1-10H3/p+2. The molecule has 1 saturated carbocycles. The number of quaternary nitrogens is 2. The maximum atomic E-state index is 12.4. The number of esters is 4. The van der Waals surface area contributed by atoms with Crippen molar-refractivity contribution >= 4 is 35.8 Å². The minimum absolute atomic E-state index is 0.0956. The number of carboxylic acid groups (broad SMARTS) is 2. The molecule has 2 heterocycles. The predicted octanol–water partition coefficient (Wildman–Crippen LogP) is 10.7. The van der Waals surface area contributed by atoms with E-state index in [1.165, 1.54) is 0 Å². The molecule has 5 rings (SSSR count). The zero-order chi connectivity index (χ0) is 52.3. The van der Waals surface area contributed by atoms with Crippen LogP contribution in [0.2, 0.25) is 0 Å². The van der Waals surface area contributed by atoms with Gasteiger partial charge in [0.1, 0.15) is 0 Å². The molecule has 2 saturated heterocycles. The van der Waals surface area contributed by atoms with E-state index in [-0.39, 0.29) is 96.5 Å². The van der Waals surface area contributed by atoms with Crippen LogP contribution in [0.25, 0.3) is 0 Å². The minimum atomic E-state index is -0.797. The SMILES string of the molecule is CCC(=O)Oc1ccc(CC[N+]2(C)C(C)CC(C3(C4CC(C)[N+](C)(CCc5ccc(OC(=O)CC)c(OC(=O)CC)c5)C(C)C4)CCCC3(CCCC(=O)O)CCCC(=O)O)CC2C)cc1OC(=O)CC. The van der Waals surface area contributed by atoms with Crippen molar-refractivity contribution in [3.05, 3.63) is 47.5 Å². The van der Waals surface area contributed by atoms with Crippen LogP contribution in [0, 0.1) is 22.7 Å². The van der Waals surface area contributed by atoms with E-state index < -0.39 is 35.8 Å². The predicted molar refractivity (Wildman–Crippen MR) is 271 cm³/mol. The molecular formula is C57H86N2O12+2. The van der Waals surface area contributed by atoms with Crippen LogP contribution in [-0.4, -0.2) is 106 Å². The molecule has 14 heteroatoms. The summed E-state index contributed by atoms with van der Waals surface area (Å²) in [6, 6.07) is 12.2. The summed E-state index contributed by atoms with van der Waals surface area (Å²) in [7, 11) is 4.73. The Morgan fingerprint density at radius 3 is 1.20 bits per heavy atom. The molecule has 0 amide bonds. The molecular weight excluding hydrogens is 905 g/mol. The van der Waals surface area contributed by atoms with Crippen molar-refractivity contribution in [2.75, 3.05) is 27.2 Å². The molecule has 3 fully saturated rings. The summed E-state index contributed by atoms with van der Waals surface area (Å²) in [6.07, 6.45) is 12.2.